The summed E-state index contributed by atoms with van der Waals surface area (Å²) in [6.45, 7) is 6.53. The van der Waals surface area contributed by atoms with Gasteiger partial charge in [0.25, 0.3) is 0 Å². The Balaban J connectivity index is 1.85. The maximum atomic E-state index is 4.68. The zero-order chi connectivity index (χ0) is 17.9. The summed E-state index contributed by atoms with van der Waals surface area (Å²) in [4.78, 5) is 6.07. The van der Waals surface area contributed by atoms with Crippen LogP contribution >= 0.6 is 11.3 Å². The molecule has 2 N–H and O–H groups in total. The highest BCUT2D eigenvalue weighted by Gasteiger charge is 2.05. The Bertz CT molecular complexity index is 632. The van der Waals surface area contributed by atoms with Crippen LogP contribution in [0.3, 0.4) is 0 Å². The summed E-state index contributed by atoms with van der Waals surface area (Å²) in [6.07, 6.45) is 5.98. The molecule has 0 fully saturated rings. The van der Waals surface area contributed by atoms with Gasteiger partial charge in [-0.1, -0.05) is 32.3 Å². The second-order valence-corrected chi connectivity index (χ2v) is 7.16. The molecule has 0 amide bonds. The lowest BCUT2D eigenvalue weighted by atomic mass is 10.2. The lowest BCUT2D eigenvalue weighted by Crippen LogP contribution is -2.39. The van der Waals surface area contributed by atoms with Crippen molar-refractivity contribution >= 4 is 17.3 Å². The van der Waals surface area contributed by atoms with Gasteiger partial charge in [0.05, 0.1) is 0 Å². The van der Waals surface area contributed by atoms with E-state index in [1.165, 1.54) is 30.6 Å². The maximum absolute atomic E-state index is 4.68. The normalized spacial score (nSPS) is 11.7. The van der Waals surface area contributed by atoms with E-state index in [9.17, 15) is 0 Å². The average molecular weight is 363 g/mol. The second kappa shape index (κ2) is 10.9. The number of aryl methyl sites for hydroxylation is 1. The molecule has 2 aromatic rings. The van der Waals surface area contributed by atoms with Crippen molar-refractivity contribution in [1.82, 2.24) is 25.4 Å². The Morgan fingerprint density at radius 1 is 1.20 bits per heavy atom. The first kappa shape index (κ1) is 19.4. The van der Waals surface area contributed by atoms with E-state index in [0.717, 1.165) is 37.1 Å². The van der Waals surface area contributed by atoms with Crippen LogP contribution < -0.4 is 10.6 Å². The Hall–Kier alpha value is -1.89. The van der Waals surface area contributed by atoms with Crippen LogP contribution in [-0.4, -0.2) is 33.8 Å². The number of rotatable bonds is 10. The maximum Gasteiger partial charge on any atom is 0.191 e. The van der Waals surface area contributed by atoms with Crippen molar-refractivity contribution in [1.29, 1.82) is 0 Å². The second-order valence-electron chi connectivity index (χ2n) is 6.13. The SMILES string of the molecule is CCCCCCNC(=NCc1nnc(C)n1C)NCCc1cccs1. The van der Waals surface area contributed by atoms with Crippen LogP contribution in [0.5, 0.6) is 0 Å². The average Bonchev–Trinajstić information content (AvgIpc) is 3.23. The zero-order valence-electron chi connectivity index (χ0n) is 15.6. The molecule has 0 aliphatic carbocycles. The van der Waals surface area contributed by atoms with Gasteiger partial charge < -0.3 is 15.2 Å². The lowest BCUT2D eigenvalue weighted by molar-refractivity contribution is 0.645. The van der Waals surface area contributed by atoms with Crippen molar-refractivity contribution in [2.45, 2.75) is 52.5 Å². The van der Waals surface area contributed by atoms with E-state index < -0.39 is 0 Å². The first-order valence-electron chi connectivity index (χ1n) is 9.10. The third kappa shape index (κ3) is 6.86. The van der Waals surface area contributed by atoms with Gasteiger partial charge in [-0.05, 0) is 31.2 Å². The number of aliphatic imine (C=N–C) groups is 1. The van der Waals surface area contributed by atoms with Crippen LogP contribution in [0.4, 0.5) is 0 Å². The molecule has 7 heteroatoms. The molecule has 0 radical (unpaired) electrons. The summed E-state index contributed by atoms with van der Waals surface area (Å²) < 4.78 is 1.98. The number of hydrogen-bond acceptors (Lipinski definition) is 4. The fourth-order valence-corrected chi connectivity index (χ4v) is 3.14. The molecule has 0 aliphatic heterocycles. The molecule has 0 aliphatic rings. The largest absolute Gasteiger partial charge is 0.356 e. The molecule has 0 saturated carbocycles. The van der Waals surface area contributed by atoms with Crippen LogP contribution in [0, 0.1) is 6.92 Å². The number of thiophene rings is 1. The molecule has 2 heterocycles. The molecular weight excluding hydrogens is 332 g/mol. The lowest BCUT2D eigenvalue weighted by Gasteiger charge is -2.12. The number of aromatic nitrogens is 3. The van der Waals surface area contributed by atoms with Gasteiger partial charge in [0.2, 0.25) is 0 Å². The predicted molar refractivity (Wildman–Crippen MR) is 105 cm³/mol. The number of hydrogen-bond donors (Lipinski definition) is 2. The first-order chi connectivity index (χ1) is 12.2. The minimum atomic E-state index is 0.528. The smallest absolute Gasteiger partial charge is 0.191 e. The molecule has 138 valence electrons. The van der Waals surface area contributed by atoms with Crippen LogP contribution in [-0.2, 0) is 20.0 Å². The minimum absolute atomic E-state index is 0.528. The van der Waals surface area contributed by atoms with Gasteiger partial charge in [0, 0.05) is 25.0 Å². The molecule has 0 spiro atoms. The van der Waals surface area contributed by atoms with Gasteiger partial charge in [-0.3, -0.25) is 0 Å². The van der Waals surface area contributed by atoms with Crippen molar-refractivity contribution in [3.8, 4) is 0 Å². The van der Waals surface area contributed by atoms with Crippen LogP contribution in [0.2, 0.25) is 0 Å². The van der Waals surface area contributed by atoms with Gasteiger partial charge in [0.1, 0.15) is 12.4 Å². The van der Waals surface area contributed by atoms with Gasteiger partial charge in [-0.15, -0.1) is 21.5 Å². The topological polar surface area (TPSA) is 67.1 Å². The quantitative estimate of drug-likeness (QED) is 0.387. The standard InChI is InChI=1S/C18H30N6S/c1-4-5-6-7-11-19-18(20-12-10-16-9-8-13-25-16)21-14-17-23-22-15(2)24(17)3/h8-9,13H,4-7,10-12,14H2,1-3H3,(H2,19,20,21). The van der Waals surface area contributed by atoms with Crippen LogP contribution in [0.15, 0.2) is 22.5 Å². The van der Waals surface area contributed by atoms with Crippen LogP contribution in [0.25, 0.3) is 0 Å². The third-order valence-corrected chi connectivity index (χ3v) is 5.06. The van der Waals surface area contributed by atoms with Crippen molar-refractivity contribution in [2.75, 3.05) is 13.1 Å². The highest BCUT2D eigenvalue weighted by Crippen LogP contribution is 2.08. The van der Waals surface area contributed by atoms with Gasteiger partial charge >= 0.3 is 0 Å². The molecule has 2 rings (SSSR count). The number of unbranched alkanes of at least 4 members (excludes halogenated alkanes) is 3. The Labute approximate surface area is 154 Å². The highest BCUT2D eigenvalue weighted by atomic mass is 32.1. The van der Waals surface area contributed by atoms with Gasteiger partial charge in [0.15, 0.2) is 11.8 Å². The van der Waals surface area contributed by atoms with E-state index in [-0.39, 0.29) is 0 Å². The van der Waals surface area contributed by atoms with E-state index in [0.29, 0.717) is 6.54 Å². The molecule has 0 atom stereocenters. The molecule has 6 nitrogen and oxygen atoms in total. The van der Waals surface area contributed by atoms with Crippen LogP contribution in [0.1, 0.15) is 49.1 Å². The molecular formula is C18H30N6S. The number of nitrogens with zero attached hydrogens (tertiary/aromatic N) is 4. The fraction of sp³-hybridized carbons (Fsp3) is 0.611. The highest BCUT2D eigenvalue weighted by molar-refractivity contribution is 7.09. The first-order valence-corrected chi connectivity index (χ1v) is 9.98. The van der Waals surface area contributed by atoms with E-state index in [2.05, 4.69) is 50.3 Å². The van der Waals surface area contributed by atoms with Gasteiger partial charge in [-0.25, -0.2) is 4.99 Å². The third-order valence-electron chi connectivity index (χ3n) is 4.13. The molecule has 0 saturated heterocycles. The monoisotopic (exact) mass is 362 g/mol. The Morgan fingerprint density at radius 2 is 2.04 bits per heavy atom. The molecule has 0 aromatic carbocycles. The van der Waals surface area contributed by atoms with Crippen molar-refractivity contribution in [3.63, 3.8) is 0 Å². The number of guanidine groups is 1. The minimum Gasteiger partial charge on any atom is -0.356 e. The summed E-state index contributed by atoms with van der Waals surface area (Å²) in [5, 5.41) is 17.3. The van der Waals surface area contributed by atoms with E-state index in [1.54, 1.807) is 11.3 Å². The van der Waals surface area contributed by atoms with Crippen molar-refractivity contribution in [3.05, 3.63) is 34.0 Å². The zero-order valence-corrected chi connectivity index (χ0v) is 16.4. The Morgan fingerprint density at radius 3 is 2.72 bits per heavy atom. The van der Waals surface area contributed by atoms with E-state index in [4.69, 9.17) is 0 Å². The molecule has 0 unspecified atom stereocenters. The van der Waals surface area contributed by atoms with Gasteiger partial charge in [-0.2, -0.15) is 0 Å². The molecule has 25 heavy (non-hydrogen) atoms. The fourth-order valence-electron chi connectivity index (χ4n) is 2.43. The van der Waals surface area contributed by atoms with Crippen molar-refractivity contribution < 1.29 is 0 Å². The molecule has 2 aromatic heterocycles. The number of nitrogens with one attached hydrogen (secondary N) is 2. The Kier molecular flexibility index (Phi) is 8.45. The van der Waals surface area contributed by atoms with E-state index in [1.807, 2.05) is 18.5 Å². The molecule has 0 bridgehead atoms. The van der Waals surface area contributed by atoms with Crippen molar-refractivity contribution in [2.24, 2.45) is 12.0 Å². The van der Waals surface area contributed by atoms with E-state index >= 15 is 0 Å². The summed E-state index contributed by atoms with van der Waals surface area (Å²) in [6, 6.07) is 4.26. The summed E-state index contributed by atoms with van der Waals surface area (Å²) in [5.74, 6) is 2.64. The summed E-state index contributed by atoms with van der Waals surface area (Å²) in [5.41, 5.74) is 0. The summed E-state index contributed by atoms with van der Waals surface area (Å²) in [7, 11) is 1.97. The summed E-state index contributed by atoms with van der Waals surface area (Å²) >= 11 is 1.79. The predicted octanol–water partition coefficient (Wildman–Crippen LogP) is 3.04.